The van der Waals surface area contributed by atoms with Crippen LogP contribution >= 0.6 is 0 Å². The number of piperidine rings is 1. The van der Waals surface area contributed by atoms with Gasteiger partial charge in [0.05, 0.1) is 12.0 Å². The third kappa shape index (κ3) is 0.929. The molecule has 2 aliphatic heterocycles. The van der Waals surface area contributed by atoms with Crippen LogP contribution in [-0.2, 0) is 0 Å². The van der Waals surface area contributed by atoms with E-state index in [1.807, 2.05) is 0 Å². The zero-order valence-corrected chi connectivity index (χ0v) is 7.45. The molecule has 3 aliphatic rings. The zero-order chi connectivity index (χ0) is 8.72. The maximum Gasteiger partial charge on any atom is 0.0657 e. The Kier molecular flexibility index (Phi) is 1.61. The van der Waals surface area contributed by atoms with Gasteiger partial charge in [-0.2, -0.15) is 5.26 Å². The molecule has 1 aliphatic carbocycles. The van der Waals surface area contributed by atoms with E-state index in [-0.39, 0.29) is 0 Å². The fourth-order valence-corrected chi connectivity index (χ4v) is 2.60. The number of rotatable bonds is 1. The number of nitriles is 1. The largest absolute Gasteiger partial charge is 0.369 e. The monoisotopic (exact) mass is 162 g/mol. The number of hydrogen-bond donors (Lipinski definition) is 0. The SMILES string of the molecule is C=C(C)N1C2CC(C#N)CC1C2. The molecule has 2 heterocycles. The third-order valence-electron chi connectivity index (χ3n) is 3.07. The molecule has 0 N–H and O–H groups in total. The minimum atomic E-state index is 0.310. The van der Waals surface area contributed by atoms with Gasteiger partial charge in [-0.05, 0) is 26.2 Å². The van der Waals surface area contributed by atoms with Crippen LogP contribution in [0.1, 0.15) is 26.2 Å². The predicted octanol–water partition coefficient (Wildman–Crippen LogP) is 1.90. The van der Waals surface area contributed by atoms with Crippen LogP contribution < -0.4 is 0 Å². The van der Waals surface area contributed by atoms with Crippen molar-refractivity contribution in [3.05, 3.63) is 12.3 Å². The molecule has 0 spiro atoms. The highest BCUT2D eigenvalue weighted by Crippen LogP contribution is 2.42. The van der Waals surface area contributed by atoms with E-state index in [4.69, 9.17) is 5.26 Å². The second-order valence-electron chi connectivity index (χ2n) is 3.98. The lowest BCUT2D eigenvalue weighted by Gasteiger charge is -2.56. The molecule has 2 saturated heterocycles. The topological polar surface area (TPSA) is 27.0 Å². The Morgan fingerprint density at radius 2 is 2.00 bits per heavy atom. The van der Waals surface area contributed by atoms with E-state index in [0.29, 0.717) is 18.0 Å². The van der Waals surface area contributed by atoms with Crippen molar-refractivity contribution in [2.24, 2.45) is 5.92 Å². The van der Waals surface area contributed by atoms with E-state index >= 15 is 0 Å². The van der Waals surface area contributed by atoms with Gasteiger partial charge in [0, 0.05) is 17.8 Å². The predicted molar refractivity (Wildman–Crippen MR) is 47.2 cm³/mol. The van der Waals surface area contributed by atoms with Gasteiger partial charge < -0.3 is 4.90 Å². The first-order valence-electron chi connectivity index (χ1n) is 4.56. The molecule has 3 fully saturated rings. The molecule has 12 heavy (non-hydrogen) atoms. The maximum atomic E-state index is 8.76. The van der Waals surface area contributed by atoms with E-state index in [1.165, 1.54) is 12.1 Å². The van der Waals surface area contributed by atoms with Crippen LogP contribution in [0.4, 0.5) is 0 Å². The number of allylic oxidation sites excluding steroid dienone is 1. The van der Waals surface area contributed by atoms with Crippen molar-refractivity contribution in [3.63, 3.8) is 0 Å². The standard InChI is InChI=1S/C10H14N2/c1-7(2)12-9-3-8(6-11)4-10(12)5-9/h8-10H,1,3-5H2,2H3. The summed E-state index contributed by atoms with van der Waals surface area (Å²) in [7, 11) is 0. The molecule has 64 valence electrons. The third-order valence-corrected chi connectivity index (χ3v) is 3.07. The molecule has 2 heteroatoms. The van der Waals surface area contributed by atoms with Gasteiger partial charge in [0.2, 0.25) is 0 Å². The van der Waals surface area contributed by atoms with Crippen molar-refractivity contribution >= 4 is 0 Å². The van der Waals surface area contributed by atoms with Gasteiger partial charge in [-0.3, -0.25) is 0 Å². The lowest BCUT2D eigenvalue weighted by atomic mass is 9.74. The van der Waals surface area contributed by atoms with Crippen LogP contribution in [0.2, 0.25) is 0 Å². The second-order valence-corrected chi connectivity index (χ2v) is 3.98. The van der Waals surface area contributed by atoms with E-state index < -0.39 is 0 Å². The Morgan fingerprint density at radius 1 is 1.42 bits per heavy atom. The first-order valence-corrected chi connectivity index (χ1v) is 4.56. The first-order chi connectivity index (χ1) is 5.72. The summed E-state index contributed by atoms with van der Waals surface area (Å²) in [6.45, 7) is 6.01. The molecule has 0 aromatic rings. The summed E-state index contributed by atoms with van der Waals surface area (Å²) in [5.74, 6) is 0.310. The Bertz CT molecular complexity index is 239. The highest BCUT2D eigenvalue weighted by atomic mass is 15.3. The van der Waals surface area contributed by atoms with Crippen LogP contribution in [0, 0.1) is 17.2 Å². The van der Waals surface area contributed by atoms with Crippen LogP contribution in [0.15, 0.2) is 12.3 Å². The summed E-state index contributed by atoms with van der Waals surface area (Å²) in [6, 6.07) is 3.63. The van der Waals surface area contributed by atoms with Gasteiger partial charge in [-0.15, -0.1) is 0 Å². The molecule has 2 bridgehead atoms. The minimum Gasteiger partial charge on any atom is -0.369 e. The van der Waals surface area contributed by atoms with E-state index in [2.05, 4.69) is 24.5 Å². The van der Waals surface area contributed by atoms with E-state index in [0.717, 1.165) is 12.8 Å². The fourth-order valence-electron chi connectivity index (χ4n) is 2.60. The molecule has 2 atom stereocenters. The smallest absolute Gasteiger partial charge is 0.0657 e. The van der Waals surface area contributed by atoms with Crippen LogP contribution in [0.25, 0.3) is 0 Å². The van der Waals surface area contributed by atoms with Gasteiger partial charge >= 0.3 is 0 Å². The van der Waals surface area contributed by atoms with Crippen molar-refractivity contribution in [3.8, 4) is 6.07 Å². The van der Waals surface area contributed by atoms with Gasteiger partial charge in [0.15, 0.2) is 0 Å². The number of fused-ring (bicyclic) bond motifs is 2. The lowest BCUT2D eigenvalue weighted by molar-refractivity contribution is -0.00984. The molecule has 2 unspecified atom stereocenters. The summed E-state index contributed by atoms with van der Waals surface area (Å²) in [5, 5.41) is 8.76. The van der Waals surface area contributed by atoms with E-state index in [9.17, 15) is 0 Å². The van der Waals surface area contributed by atoms with Crippen molar-refractivity contribution < 1.29 is 0 Å². The Labute approximate surface area is 73.5 Å². The van der Waals surface area contributed by atoms with Gasteiger partial charge in [-0.25, -0.2) is 0 Å². The van der Waals surface area contributed by atoms with Crippen molar-refractivity contribution in [2.75, 3.05) is 0 Å². The second kappa shape index (κ2) is 2.52. The molecular formula is C10H14N2. The summed E-state index contributed by atoms with van der Waals surface area (Å²) in [5.41, 5.74) is 1.17. The summed E-state index contributed by atoms with van der Waals surface area (Å²) < 4.78 is 0. The van der Waals surface area contributed by atoms with Gasteiger partial charge in [0.25, 0.3) is 0 Å². The molecule has 0 aromatic carbocycles. The highest BCUT2D eigenvalue weighted by Gasteiger charge is 2.44. The normalized spacial score (nSPS) is 38.3. The van der Waals surface area contributed by atoms with Crippen LogP contribution in [0.5, 0.6) is 0 Å². The van der Waals surface area contributed by atoms with Crippen LogP contribution in [0.3, 0.4) is 0 Å². The minimum absolute atomic E-state index is 0.310. The quantitative estimate of drug-likeness (QED) is 0.588. The Balaban J connectivity index is 2.04. The molecule has 0 amide bonds. The fraction of sp³-hybridized carbons (Fsp3) is 0.700. The summed E-state index contributed by atoms with van der Waals surface area (Å²) in [4.78, 5) is 2.38. The Hall–Kier alpha value is -0.970. The average molecular weight is 162 g/mol. The first kappa shape index (κ1) is 7.67. The van der Waals surface area contributed by atoms with E-state index in [1.54, 1.807) is 0 Å². The molecule has 3 rings (SSSR count). The Morgan fingerprint density at radius 3 is 2.42 bits per heavy atom. The zero-order valence-electron chi connectivity index (χ0n) is 7.45. The van der Waals surface area contributed by atoms with Crippen LogP contribution in [-0.4, -0.2) is 17.0 Å². The van der Waals surface area contributed by atoms with Crippen molar-refractivity contribution in [2.45, 2.75) is 38.3 Å². The highest BCUT2D eigenvalue weighted by molar-refractivity contribution is 5.11. The van der Waals surface area contributed by atoms with Gasteiger partial charge in [0.1, 0.15) is 0 Å². The number of hydrogen-bond acceptors (Lipinski definition) is 2. The van der Waals surface area contributed by atoms with Crippen molar-refractivity contribution in [1.82, 2.24) is 4.90 Å². The average Bonchev–Trinajstić information content (AvgIpc) is 2.03. The maximum absolute atomic E-state index is 8.76. The molecule has 0 aromatic heterocycles. The molecule has 0 radical (unpaired) electrons. The summed E-state index contributed by atoms with van der Waals surface area (Å²) >= 11 is 0. The lowest BCUT2D eigenvalue weighted by Crippen LogP contribution is -2.59. The molecule has 1 saturated carbocycles. The molecular weight excluding hydrogens is 148 g/mol. The number of nitrogens with zero attached hydrogens (tertiary/aromatic N) is 2. The molecule has 2 nitrogen and oxygen atoms in total. The van der Waals surface area contributed by atoms with Crippen molar-refractivity contribution in [1.29, 1.82) is 5.26 Å². The summed E-state index contributed by atoms with van der Waals surface area (Å²) in [6.07, 6.45) is 3.39. The van der Waals surface area contributed by atoms with Gasteiger partial charge in [-0.1, -0.05) is 6.58 Å².